The second-order valence-electron chi connectivity index (χ2n) is 7.13. The van der Waals surface area contributed by atoms with Gasteiger partial charge in [-0.3, -0.25) is 0 Å². The van der Waals surface area contributed by atoms with Crippen LogP contribution in [-0.4, -0.2) is 27.4 Å². The monoisotopic (exact) mass is 422 g/mol. The van der Waals surface area contributed by atoms with Gasteiger partial charge in [-0.1, -0.05) is 48.0 Å². The number of rotatable bonds is 8. The topological polar surface area (TPSA) is 56.5 Å². The highest BCUT2D eigenvalue weighted by molar-refractivity contribution is 6.32. The Morgan fingerprint density at radius 1 is 1.00 bits per heavy atom. The molecule has 0 aliphatic rings. The normalized spacial score (nSPS) is 12.1. The van der Waals surface area contributed by atoms with Crippen molar-refractivity contribution in [2.45, 2.75) is 26.2 Å². The number of ether oxygens (including phenoxy) is 2. The second kappa shape index (κ2) is 9.20. The minimum atomic E-state index is -0.739. The number of aryl methyl sites for hydroxylation is 1. The van der Waals surface area contributed by atoms with Crippen molar-refractivity contribution in [1.29, 1.82) is 0 Å². The number of fused-ring (bicyclic) bond motifs is 1. The van der Waals surface area contributed by atoms with Gasteiger partial charge in [0.05, 0.1) is 22.6 Å². The van der Waals surface area contributed by atoms with E-state index >= 15 is 0 Å². The average molecular weight is 423 g/mol. The lowest BCUT2D eigenvalue weighted by molar-refractivity contribution is 0.0918. The molecule has 1 unspecified atom stereocenters. The predicted octanol–water partition coefficient (Wildman–Crippen LogP) is 5.02. The fraction of sp³-hybridized carbons (Fsp3) is 0.208. The van der Waals surface area contributed by atoms with Crippen LogP contribution in [0.15, 0.2) is 72.8 Å². The van der Waals surface area contributed by atoms with Gasteiger partial charge >= 0.3 is 0 Å². The SMILES string of the molecule is Cc1cccc(OCc2nc3ccccc3n2CC(O)COc2ccccc2Cl)c1. The van der Waals surface area contributed by atoms with E-state index in [-0.39, 0.29) is 6.61 Å². The van der Waals surface area contributed by atoms with E-state index in [1.165, 1.54) is 0 Å². The maximum absolute atomic E-state index is 10.6. The first-order valence-electron chi connectivity index (χ1n) is 9.79. The van der Waals surface area contributed by atoms with Gasteiger partial charge in [0.15, 0.2) is 0 Å². The summed E-state index contributed by atoms with van der Waals surface area (Å²) >= 11 is 6.13. The van der Waals surface area contributed by atoms with Crippen LogP contribution in [0.25, 0.3) is 11.0 Å². The van der Waals surface area contributed by atoms with Gasteiger partial charge in [-0.25, -0.2) is 4.98 Å². The van der Waals surface area contributed by atoms with E-state index in [0.717, 1.165) is 28.2 Å². The molecular formula is C24H23ClN2O3. The van der Waals surface area contributed by atoms with E-state index in [0.29, 0.717) is 23.9 Å². The Labute approximate surface area is 180 Å². The van der Waals surface area contributed by atoms with E-state index in [4.69, 9.17) is 26.1 Å². The van der Waals surface area contributed by atoms with Crippen LogP contribution in [-0.2, 0) is 13.2 Å². The molecular weight excluding hydrogens is 400 g/mol. The van der Waals surface area contributed by atoms with Crippen LogP contribution in [0.3, 0.4) is 0 Å². The number of nitrogens with zero attached hydrogens (tertiary/aromatic N) is 2. The summed E-state index contributed by atoms with van der Waals surface area (Å²) < 4.78 is 13.6. The molecule has 0 bridgehead atoms. The summed E-state index contributed by atoms with van der Waals surface area (Å²) in [4.78, 5) is 4.70. The molecule has 0 fully saturated rings. The lowest BCUT2D eigenvalue weighted by atomic mass is 10.2. The lowest BCUT2D eigenvalue weighted by Gasteiger charge is -2.16. The molecule has 1 aromatic heterocycles. The Morgan fingerprint density at radius 2 is 1.80 bits per heavy atom. The fourth-order valence-electron chi connectivity index (χ4n) is 3.30. The molecule has 6 heteroatoms. The fourth-order valence-corrected chi connectivity index (χ4v) is 3.49. The number of aliphatic hydroxyl groups is 1. The molecule has 154 valence electrons. The Hall–Kier alpha value is -3.02. The molecule has 0 amide bonds. The summed E-state index contributed by atoms with van der Waals surface area (Å²) in [5, 5.41) is 11.1. The second-order valence-corrected chi connectivity index (χ2v) is 7.53. The number of hydrogen-bond donors (Lipinski definition) is 1. The smallest absolute Gasteiger partial charge is 0.148 e. The van der Waals surface area contributed by atoms with Gasteiger partial charge in [0, 0.05) is 0 Å². The highest BCUT2D eigenvalue weighted by Gasteiger charge is 2.16. The number of benzene rings is 3. The van der Waals surface area contributed by atoms with Crippen molar-refractivity contribution in [1.82, 2.24) is 9.55 Å². The summed E-state index contributed by atoms with van der Waals surface area (Å²) in [6.07, 6.45) is -0.739. The van der Waals surface area contributed by atoms with Crippen LogP contribution in [0, 0.1) is 6.92 Å². The standard InChI is InChI=1S/C24H23ClN2O3/c1-17-7-6-8-19(13-17)29-16-24-26-21-10-3-4-11-22(21)27(24)14-18(28)15-30-23-12-5-2-9-20(23)25/h2-13,18,28H,14-16H2,1H3. The van der Waals surface area contributed by atoms with Crippen molar-refractivity contribution >= 4 is 22.6 Å². The molecule has 3 aromatic carbocycles. The minimum absolute atomic E-state index is 0.119. The van der Waals surface area contributed by atoms with Crippen molar-refractivity contribution in [2.75, 3.05) is 6.61 Å². The minimum Gasteiger partial charge on any atom is -0.489 e. The van der Waals surface area contributed by atoms with Gasteiger partial charge in [0.2, 0.25) is 0 Å². The van der Waals surface area contributed by atoms with Crippen LogP contribution >= 0.6 is 11.6 Å². The molecule has 4 aromatic rings. The van der Waals surface area contributed by atoms with Crippen molar-refractivity contribution < 1.29 is 14.6 Å². The summed E-state index contributed by atoms with van der Waals surface area (Å²) in [5.74, 6) is 2.09. The summed E-state index contributed by atoms with van der Waals surface area (Å²) in [6.45, 7) is 2.78. The van der Waals surface area contributed by atoms with E-state index in [1.54, 1.807) is 12.1 Å². The Kier molecular flexibility index (Phi) is 6.21. The van der Waals surface area contributed by atoms with Gasteiger partial charge in [0.1, 0.15) is 36.6 Å². The molecule has 0 saturated heterocycles. The van der Waals surface area contributed by atoms with Gasteiger partial charge in [-0.15, -0.1) is 0 Å². The van der Waals surface area contributed by atoms with Crippen LogP contribution in [0.5, 0.6) is 11.5 Å². The third-order valence-electron chi connectivity index (χ3n) is 4.75. The lowest BCUT2D eigenvalue weighted by Crippen LogP contribution is -2.25. The van der Waals surface area contributed by atoms with Gasteiger partial charge in [-0.2, -0.15) is 0 Å². The number of para-hydroxylation sites is 3. The average Bonchev–Trinajstić information content (AvgIpc) is 3.09. The van der Waals surface area contributed by atoms with Crippen molar-refractivity contribution in [2.24, 2.45) is 0 Å². The molecule has 0 radical (unpaired) electrons. The molecule has 0 aliphatic carbocycles. The number of aromatic nitrogens is 2. The number of aliphatic hydroxyl groups excluding tert-OH is 1. The van der Waals surface area contributed by atoms with Crippen molar-refractivity contribution in [3.05, 3.63) is 89.2 Å². The molecule has 0 aliphatic heterocycles. The van der Waals surface area contributed by atoms with Crippen molar-refractivity contribution in [3.8, 4) is 11.5 Å². The predicted molar refractivity (Wildman–Crippen MR) is 118 cm³/mol. The van der Waals surface area contributed by atoms with Crippen molar-refractivity contribution in [3.63, 3.8) is 0 Å². The molecule has 0 saturated carbocycles. The van der Waals surface area contributed by atoms with Crippen LogP contribution in [0.4, 0.5) is 0 Å². The molecule has 30 heavy (non-hydrogen) atoms. The summed E-state index contributed by atoms with van der Waals surface area (Å²) in [6, 6.07) is 23.0. The quantitative estimate of drug-likeness (QED) is 0.433. The first kappa shape index (κ1) is 20.3. The van der Waals surface area contributed by atoms with Gasteiger partial charge < -0.3 is 19.1 Å². The Balaban J connectivity index is 1.50. The molecule has 1 atom stereocenters. The molecule has 1 heterocycles. The van der Waals surface area contributed by atoms with Crippen LogP contribution in [0.1, 0.15) is 11.4 Å². The third kappa shape index (κ3) is 4.75. The van der Waals surface area contributed by atoms with E-state index < -0.39 is 6.10 Å². The summed E-state index contributed by atoms with van der Waals surface area (Å²) in [5.41, 5.74) is 2.94. The first-order chi connectivity index (χ1) is 14.6. The van der Waals surface area contributed by atoms with Crippen LogP contribution < -0.4 is 9.47 Å². The Bertz CT molecular complexity index is 1140. The number of imidazole rings is 1. The molecule has 5 nitrogen and oxygen atoms in total. The van der Waals surface area contributed by atoms with Crippen LogP contribution in [0.2, 0.25) is 5.02 Å². The zero-order valence-corrected chi connectivity index (χ0v) is 17.4. The van der Waals surface area contributed by atoms with E-state index in [9.17, 15) is 5.11 Å². The van der Waals surface area contributed by atoms with E-state index in [1.807, 2.05) is 72.2 Å². The zero-order valence-electron chi connectivity index (χ0n) is 16.7. The molecule has 0 spiro atoms. The number of hydrogen-bond acceptors (Lipinski definition) is 4. The maximum atomic E-state index is 10.6. The summed E-state index contributed by atoms with van der Waals surface area (Å²) in [7, 11) is 0. The third-order valence-corrected chi connectivity index (χ3v) is 5.06. The van der Waals surface area contributed by atoms with Gasteiger partial charge in [-0.05, 0) is 48.9 Å². The molecule has 1 N–H and O–H groups in total. The Morgan fingerprint density at radius 3 is 2.63 bits per heavy atom. The van der Waals surface area contributed by atoms with Gasteiger partial charge in [0.25, 0.3) is 0 Å². The highest BCUT2D eigenvalue weighted by Crippen LogP contribution is 2.24. The first-order valence-corrected chi connectivity index (χ1v) is 10.2. The number of halogens is 1. The highest BCUT2D eigenvalue weighted by atomic mass is 35.5. The largest absolute Gasteiger partial charge is 0.489 e. The molecule has 4 rings (SSSR count). The zero-order chi connectivity index (χ0) is 20.9. The maximum Gasteiger partial charge on any atom is 0.148 e. The van der Waals surface area contributed by atoms with E-state index in [2.05, 4.69) is 0 Å².